The van der Waals surface area contributed by atoms with Gasteiger partial charge in [0.05, 0.1) is 46.7 Å². The van der Waals surface area contributed by atoms with E-state index < -0.39 is 0 Å². The zero-order valence-electron chi connectivity index (χ0n) is 20.6. The van der Waals surface area contributed by atoms with Gasteiger partial charge in [-0.05, 0) is 49.2 Å². The fourth-order valence-corrected chi connectivity index (χ4v) is 3.95. The molecule has 0 spiro atoms. The van der Waals surface area contributed by atoms with Gasteiger partial charge in [-0.1, -0.05) is 13.0 Å². The minimum absolute atomic E-state index is 0.0359. The molecule has 1 heterocycles. The molecular formula is C26H36N2O6. The van der Waals surface area contributed by atoms with E-state index >= 15 is 0 Å². The number of carbonyl (C=O) groups is 1. The molecule has 1 aliphatic rings. The van der Waals surface area contributed by atoms with Crippen molar-refractivity contribution >= 4 is 5.91 Å². The molecule has 1 aliphatic heterocycles. The number of hydrogen-bond acceptors (Lipinski definition) is 7. The highest BCUT2D eigenvalue weighted by Gasteiger charge is 2.25. The van der Waals surface area contributed by atoms with E-state index in [0.717, 1.165) is 25.1 Å². The van der Waals surface area contributed by atoms with Gasteiger partial charge in [-0.2, -0.15) is 0 Å². The number of hydrogen-bond donors (Lipinski definition) is 1. The van der Waals surface area contributed by atoms with Crippen LogP contribution in [-0.4, -0.2) is 71.1 Å². The molecule has 0 aromatic heterocycles. The largest absolute Gasteiger partial charge is 0.493 e. The first kappa shape index (κ1) is 25.6. The highest BCUT2D eigenvalue weighted by molar-refractivity contribution is 5.94. The smallest absolute Gasteiger partial charge is 0.251 e. The van der Waals surface area contributed by atoms with Crippen molar-refractivity contribution in [2.24, 2.45) is 0 Å². The van der Waals surface area contributed by atoms with Gasteiger partial charge in [0.2, 0.25) is 0 Å². The average Bonchev–Trinajstić information content (AvgIpc) is 2.88. The quantitative estimate of drug-likeness (QED) is 0.505. The third-order valence-corrected chi connectivity index (χ3v) is 5.70. The summed E-state index contributed by atoms with van der Waals surface area (Å²) in [5.41, 5.74) is 1.57. The van der Waals surface area contributed by atoms with E-state index in [9.17, 15) is 4.79 Å². The minimum Gasteiger partial charge on any atom is -0.493 e. The first-order valence-electron chi connectivity index (χ1n) is 11.8. The van der Waals surface area contributed by atoms with E-state index in [-0.39, 0.29) is 11.9 Å². The van der Waals surface area contributed by atoms with Crippen LogP contribution >= 0.6 is 0 Å². The van der Waals surface area contributed by atoms with Crippen LogP contribution in [0.15, 0.2) is 36.4 Å². The zero-order chi connectivity index (χ0) is 24.3. The fraction of sp³-hybridized carbons (Fsp3) is 0.500. The van der Waals surface area contributed by atoms with Crippen molar-refractivity contribution in [1.29, 1.82) is 0 Å². The van der Waals surface area contributed by atoms with Crippen LogP contribution in [0.1, 0.15) is 42.2 Å². The molecule has 3 rings (SSSR count). The van der Waals surface area contributed by atoms with Gasteiger partial charge in [-0.15, -0.1) is 0 Å². The van der Waals surface area contributed by atoms with Crippen molar-refractivity contribution in [3.8, 4) is 23.0 Å². The minimum atomic E-state index is -0.165. The van der Waals surface area contributed by atoms with Crippen LogP contribution in [0.25, 0.3) is 0 Å². The lowest BCUT2D eigenvalue weighted by atomic mass is 10.0. The van der Waals surface area contributed by atoms with E-state index in [1.165, 1.54) is 0 Å². The molecule has 8 heteroatoms. The van der Waals surface area contributed by atoms with Crippen molar-refractivity contribution < 1.29 is 28.5 Å². The van der Waals surface area contributed by atoms with Crippen molar-refractivity contribution in [1.82, 2.24) is 10.2 Å². The lowest BCUT2D eigenvalue weighted by molar-refractivity contribution is 0.0162. The summed E-state index contributed by atoms with van der Waals surface area (Å²) in [6.45, 7) is 8.37. The number of amides is 1. The summed E-state index contributed by atoms with van der Waals surface area (Å²) in [6, 6.07) is 11.1. The Morgan fingerprint density at radius 1 is 0.971 bits per heavy atom. The Morgan fingerprint density at radius 2 is 1.71 bits per heavy atom. The number of benzene rings is 2. The van der Waals surface area contributed by atoms with Crippen LogP contribution < -0.4 is 24.3 Å². The van der Waals surface area contributed by atoms with Gasteiger partial charge in [-0.25, -0.2) is 0 Å². The number of methoxy groups -OCH3 is 2. The van der Waals surface area contributed by atoms with Crippen LogP contribution in [-0.2, 0) is 4.74 Å². The van der Waals surface area contributed by atoms with E-state index in [4.69, 9.17) is 23.7 Å². The van der Waals surface area contributed by atoms with Gasteiger partial charge < -0.3 is 29.0 Å². The number of carbonyl (C=O) groups excluding carboxylic acids is 1. The lowest BCUT2D eigenvalue weighted by Crippen LogP contribution is -2.43. The Kier molecular flexibility index (Phi) is 9.85. The Hall–Kier alpha value is -2.97. The summed E-state index contributed by atoms with van der Waals surface area (Å²) in [5.74, 6) is 2.39. The van der Waals surface area contributed by atoms with Gasteiger partial charge in [0.25, 0.3) is 5.91 Å². The standard InChI is InChI=1S/C26H36N2O6/c1-5-13-34-23-10-8-20(17-25(23)33-6-2)26(29)27-18-21(28-11-14-32-15-12-28)19-7-9-22(30-3)24(16-19)31-4/h7-10,16-17,21H,5-6,11-15,18H2,1-4H3,(H,27,29)/t21-/m0/s1. The SMILES string of the molecule is CCCOc1ccc(C(=O)NC[C@@H](c2ccc(OC)c(OC)c2)N2CCOCC2)cc1OCC. The molecule has 1 amide bonds. The van der Waals surface area contributed by atoms with Crippen LogP contribution in [0.4, 0.5) is 0 Å². The molecule has 34 heavy (non-hydrogen) atoms. The fourth-order valence-electron chi connectivity index (χ4n) is 3.95. The second kappa shape index (κ2) is 13.1. The van der Waals surface area contributed by atoms with Crippen molar-refractivity contribution in [3.05, 3.63) is 47.5 Å². The Labute approximate surface area is 202 Å². The first-order chi connectivity index (χ1) is 16.6. The summed E-state index contributed by atoms with van der Waals surface area (Å²) < 4.78 is 27.9. The molecule has 1 atom stereocenters. The molecule has 2 aromatic rings. The van der Waals surface area contributed by atoms with Gasteiger partial charge in [-0.3, -0.25) is 9.69 Å². The van der Waals surface area contributed by atoms with Crippen LogP contribution in [0.5, 0.6) is 23.0 Å². The van der Waals surface area contributed by atoms with Gasteiger partial charge in [0.1, 0.15) is 0 Å². The number of ether oxygens (including phenoxy) is 5. The lowest BCUT2D eigenvalue weighted by Gasteiger charge is -2.35. The molecule has 0 saturated carbocycles. The predicted octanol–water partition coefficient (Wildman–Crippen LogP) is 3.69. The van der Waals surface area contributed by atoms with Gasteiger partial charge in [0, 0.05) is 25.2 Å². The van der Waals surface area contributed by atoms with Crippen molar-refractivity contribution in [3.63, 3.8) is 0 Å². The average molecular weight is 473 g/mol. The molecule has 0 bridgehead atoms. The van der Waals surface area contributed by atoms with Crippen molar-refractivity contribution in [2.45, 2.75) is 26.3 Å². The predicted molar refractivity (Wildman–Crippen MR) is 130 cm³/mol. The Balaban J connectivity index is 1.78. The summed E-state index contributed by atoms with van der Waals surface area (Å²) in [6.07, 6.45) is 0.896. The molecule has 0 aliphatic carbocycles. The van der Waals surface area contributed by atoms with Crippen LogP contribution in [0, 0.1) is 0 Å². The third-order valence-electron chi connectivity index (χ3n) is 5.70. The Bertz CT molecular complexity index is 930. The molecular weight excluding hydrogens is 436 g/mol. The van der Waals surface area contributed by atoms with E-state index in [0.29, 0.717) is 61.5 Å². The second-order valence-electron chi connectivity index (χ2n) is 7.93. The summed E-state index contributed by atoms with van der Waals surface area (Å²) in [7, 11) is 3.24. The molecule has 186 valence electrons. The summed E-state index contributed by atoms with van der Waals surface area (Å²) in [4.78, 5) is 15.4. The molecule has 1 N–H and O–H groups in total. The normalized spacial score (nSPS) is 14.8. The molecule has 2 aromatic carbocycles. The number of nitrogens with one attached hydrogen (secondary N) is 1. The van der Waals surface area contributed by atoms with Crippen molar-refractivity contribution in [2.75, 3.05) is 60.3 Å². The summed E-state index contributed by atoms with van der Waals surface area (Å²) in [5, 5.41) is 3.10. The first-order valence-corrected chi connectivity index (χ1v) is 11.8. The molecule has 1 fully saturated rings. The summed E-state index contributed by atoms with van der Waals surface area (Å²) >= 11 is 0. The maximum Gasteiger partial charge on any atom is 0.251 e. The monoisotopic (exact) mass is 472 g/mol. The molecule has 1 saturated heterocycles. The number of rotatable bonds is 12. The van der Waals surface area contributed by atoms with E-state index in [1.54, 1.807) is 32.4 Å². The van der Waals surface area contributed by atoms with E-state index in [2.05, 4.69) is 10.2 Å². The topological polar surface area (TPSA) is 78.5 Å². The van der Waals surface area contributed by atoms with Gasteiger partial charge >= 0.3 is 0 Å². The van der Waals surface area contributed by atoms with Gasteiger partial charge in [0.15, 0.2) is 23.0 Å². The highest BCUT2D eigenvalue weighted by atomic mass is 16.5. The zero-order valence-corrected chi connectivity index (χ0v) is 20.6. The third kappa shape index (κ3) is 6.55. The van der Waals surface area contributed by atoms with Crippen LogP contribution in [0.2, 0.25) is 0 Å². The van der Waals surface area contributed by atoms with E-state index in [1.807, 2.05) is 32.0 Å². The molecule has 0 radical (unpaired) electrons. The number of nitrogens with zero attached hydrogens (tertiary/aromatic N) is 1. The molecule has 8 nitrogen and oxygen atoms in total. The number of morpholine rings is 1. The Morgan fingerprint density at radius 3 is 2.38 bits per heavy atom. The highest BCUT2D eigenvalue weighted by Crippen LogP contribution is 2.32. The molecule has 0 unspecified atom stereocenters. The van der Waals surface area contributed by atoms with Crippen LogP contribution in [0.3, 0.4) is 0 Å². The maximum atomic E-state index is 13.1. The maximum absolute atomic E-state index is 13.1. The second-order valence-corrected chi connectivity index (χ2v) is 7.93.